The molecule has 184 valence electrons. The van der Waals surface area contributed by atoms with Gasteiger partial charge in [0.25, 0.3) is 0 Å². The van der Waals surface area contributed by atoms with Gasteiger partial charge >= 0.3 is 0 Å². The molecule has 0 aliphatic heterocycles. The number of aliphatic hydroxyl groups excluding tert-OH is 2. The lowest BCUT2D eigenvalue weighted by Crippen LogP contribution is -2.61. The van der Waals surface area contributed by atoms with E-state index in [-0.39, 0.29) is 33.9 Å². The van der Waals surface area contributed by atoms with E-state index >= 15 is 0 Å². The Morgan fingerprint density at radius 1 is 1.00 bits per heavy atom. The summed E-state index contributed by atoms with van der Waals surface area (Å²) in [5.41, 5.74) is 0.180. The van der Waals surface area contributed by atoms with E-state index in [1.54, 1.807) is 0 Å². The third-order valence-electron chi connectivity index (χ3n) is 11.9. The van der Waals surface area contributed by atoms with Gasteiger partial charge in [0, 0.05) is 11.8 Å². The van der Waals surface area contributed by atoms with Crippen molar-refractivity contribution in [2.45, 2.75) is 125 Å². The van der Waals surface area contributed by atoms with Gasteiger partial charge in [-0.25, -0.2) is 0 Å². The molecule has 0 aromatic carbocycles. The van der Waals surface area contributed by atoms with Gasteiger partial charge < -0.3 is 10.2 Å². The van der Waals surface area contributed by atoms with E-state index in [9.17, 15) is 15.0 Å². The maximum absolute atomic E-state index is 12.6. The van der Waals surface area contributed by atoms with Gasteiger partial charge in [-0.3, -0.25) is 4.79 Å². The van der Waals surface area contributed by atoms with Gasteiger partial charge in [0.1, 0.15) is 5.78 Å². The molecule has 4 fully saturated rings. The molecule has 10 atom stereocenters. The molecule has 3 heteroatoms. The minimum atomic E-state index is -0.253. The van der Waals surface area contributed by atoms with Gasteiger partial charge in [-0.2, -0.15) is 0 Å². The quantitative estimate of drug-likeness (QED) is 0.525. The van der Waals surface area contributed by atoms with E-state index in [4.69, 9.17) is 0 Å². The molecule has 0 spiro atoms. The highest BCUT2D eigenvalue weighted by atomic mass is 16.3. The molecule has 4 saturated carbocycles. The summed E-state index contributed by atoms with van der Waals surface area (Å²) in [6, 6.07) is 0. The summed E-state index contributed by atoms with van der Waals surface area (Å²) in [6.45, 7) is 15.8. The zero-order valence-corrected chi connectivity index (χ0v) is 21.9. The molecule has 3 nitrogen and oxygen atoms in total. The van der Waals surface area contributed by atoms with Crippen molar-refractivity contribution in [3.8, 4) is 0 Å². The SMILES string of the molecule is C[C@H](CCC(=O)C(C)(C)C)[C@H]1CC[C@H]2[C@@H]3CC[C@]4(C)C[C@H](O)CC[C@]4(C)[C@H]3C[C@H](O)[C@]12C. The van der Waals surface area contributed by atoms with Crippen LogP contribution in [0.25, 0.3) is 0 Å². The van der Waals surface area contributed by atoms with Crippen molar-refractivity contribution in [3.63, 3.8) is 0 Å². The smallest absolute Gasteiger partial charge is 0.138 e. The van der Waals surface area contributed by atoms with Gasteiger partial charge in [0.05, 0.1) is 12.2 Å². The van der Waals surface area contributed by atoms with Crippen molar-refractivity contribution in [2.24, 2.45) is 51.2 Å². The second-order valence-corrected chi connectivity index (χ2v) is 14.3. The van der Waals surface area contributed by atoms with Crippen LogP contribution in [0.5, 0.6) is 0 Å². The molecule has 4 aliphatic rings. The fourth-order valence-corrected chi connectivity index (χ4v) is 9.47. The van der Waals surface area contributed by atoms with Gasteiger partial charge in [-0.1, -0.05) is 48.5 Å². The van der Waals surface area contributed by atoms with E-state index in [1.165, 1.54) is 25.7 Å². The first-order valence-corrected chi connectivity index (χ1v) is 13.6. The normalized spacial score (nSPS) is 49.7. The molecule has 0 bridgehead atoms. The molecule has 4 aliphatic carbocycles. The lowest BCUT2D eigenvalue weighted by atomic mass is 9.39. The van der Waals surface area contributed by atoms with Crippen molar-refractivity contribution in [1.82, 2.24) is 0 Å². The van der Waals surface area contributed by atoms with Gasteiger partial charge in [0.15, 0.2) is 0 Å². The number of Topliss-reactive ketones (excluding diaryl/α,β-unsaturated/α-hetero) is 1. The summed E-state index contributed by atoms with van der Waals surface area (Å²) in [4.78, 5) is 12.6. The van der Waals surface area contributed by atoms with Crippen LogP contribution in [-0.2, 0) is 4.79 Å². The molecule has 2 N–H and O–H groups in total. The van der Waals surface area contributed by atoms with Crippen LogP contribution in [-0.4, -0.2) is 28.2 Å². The van der Waals surface area contributed by atoms with Crippen LogP contribution in [0.15, 0.2) is 0 Å². The van der Waals surface area contributed by atoms with E-state index in [0.29, 0.717) is 41.8 Å². The van der Waals surface area contributed by atoms with Crippen LogP contribution in [0, 0.1) is 51.2 Å². The standard InChI is InChI=1S/C29H50O3/c1-18(8-11-24(31)26(2,3)4)21-9-10-22-20-13-14-27(5)17-19(30)12-15-28(27,6)23(20)16-25(32)29(21,22)7/h18-23,25,30,32H,8-17H2,1-7H3/t18-,19-,20+,21-,22+,23+,25+,27-,28-,29-/m1/s1. The summed E-state index contributed by atoms with van der Waals surface area (Å²) in [7, 11) is 0. The molecular weight excluding hydrogens is 396 g/mol. The Bertz CT molecular complexity index is 724. The van der Waals surface area contributed by atoms with Gasteiger partial charge in [0.2, 0.25) is 0 Å². The van der Waals surface area contributed by atoms with Crippen LogP contribution < -0.4 is 0 Å². The molecular formula is C29H50O3. The second kappa shape index (κ2) is 8.08. The predicted molar refractivity (Wildman–Crippen MR) is 130 cm³/mol. The minimum absolute atomic E-state index is 0.0103. The Hall–Kier alpha value is -0.410. The Kier molecular flexibility index (Phi) is 6.23. The highest BCUT2D eigenvalue weighted by Gasteiger charge is 2.66. The number of hydrogen-bond donors (Lipinski definition) is 2. The molecule has 32 heavy (non-hydrogen) atoms. The Morgan fingerprint density at radius 3 is 2.34 bits per heavy atom. The summed E-state index contributed by atoms with van der Waals surface area (Å²) < 4.78 is 0. The van der Waals surface area contributed by atoms with E-state index < -0.39 is 0 Å². The number of aliphatic hydroxyl groups is 2. The maximum atomic E-state index is 12.6. The average Bonchev–Trinajstić information content (AvgIpc) is 3.06. The third kappa shape index (κ3) is 3.63. The number of carbonyl (C=O) groups excluding carboxylic acids is 1. The van der Waals surface area contributed by atoms with Crippen molar-refractivity contribution in [2.75, 3.05) is 0 Å². The average molecular weight is 447 g/mol. The molecule has 0 unspecified atom stereocenters. The van der Waals surface area contributed by atoms with Crippen molar-refractivity contribution < 1.29 is 15.0 Å². The second-order valence-electron chi connectivity index (χ2n) is 14.3. The lowest BCUT2D eigenvalue weighted by molar-refractivity contribution is -0.201. The fourth-order valence-electron chi connectivity index (χ4n) is 9.47. The largest absolute Gasteiger partial charge is 0.393 e. The lowest BCUT2D eigenvalue weighted by Gasteiger charge is -2.66. The van der Waals surface area contributed by atoms with Crippen molar-refractivity contribution in [3.05, 3.63) is 0 Å². The number of carbonyl (C=O) groups is 1. The van der Waals surface area contributed by atoms with Crippen molar-refractivity contribution >= 4 is 5.78 Å². The maximum Gasteiger partial charge on any atom is 0.138 e. The Balaban J connectivity index is 1.53. The van der Waals surface area contributed by atoms with Crippen LogP contribution in [0.1, 0.15) is 113 Å². The monoisotopic (exact) mass is 446 g/mol. The fraction of sp³-hybridized carbons (Fsp3) is 0.966. The Morgan fingerprint density at radius 2 is 1.69 bits per heavy atom. The Labute approximate surface area is 197 Å². The first-order valence-electron chi connectivity index (χ1n) is 13.6. The number of rotatable bonds is 4. The first kappa shape index (κ1) is 24.7. The van der Waals surface area contributed by atoms with Crippen LogP contribution in [0.3, 0.4) is 0 Å². The molecule has 0 radical (unpaired) electrons. The van der Waals surface area contributed by atoms with Crippen LogP contribution in [0.4, 0.5) is 0 Å². The summed E-state index contributed by atoms with van der Waals surface area (Å²) in [6.07, 6.45) is 10.1. The third-order valence-corrected chi connectivity index (χ3v) is 11.9. The summed E-state index contributed by atoms with van der Waals surface area (Å²) in [5, 5.41) is 22.2. The highest BCUT2D eigenvalue weighted by molar-refractivity contribution is 5.83. The first-order chi connectivity index (χ1) is 14.7. The van der Waals surface area contributed by atoms with Crippen LogP contribution >= 0.6 is 0 Å². The molecule has 0 saturated heterocycles. The van der Waals surface area contributed by atoms with Gasteiger partial charge in [-0.15, -0.1) is 0 Å². The zero-order valence-electron chi connectivity index (χ0n) is 21.9. The predicted octanol–water partition coefficient (Wildman–Crippen LogP) is 6.40. The number of fused-ring (bicyclic) bond motifs is 5. The summed E-state index contributed by atoms with van der Waals surface area (Å²) in [5.74, 6) is 3.27. The molecule has 0 amide bonds. The van der Waals surface area contributed by atoms with Crippen LogP contribution in [0.2, 0.25) is 0 Å². The molecule has 0 aromatic heterocycles. The van der Waals surface area contributed by atoms with Gasteiger partial charge in [-0.05, 0) is 104 Å². The number of ketones is 1. The summed E-state index contributed by atoms with van der Waals surface area (Å²) >= 11 is 0. The van der Waals surface area contributed by atoms with E-state index in [1.807, 2.05) is 20.8 Å². The van der Waals surface area contributed by atoms with E-state index in [2.05, 4.69) is 27.7 Å². The number of hydrogen-bond acceptors (Lipinski definition) is 3. The molecule has 0 aromatic rings. The minimum Gasteiger partial charge on any atom is -0.393 e. The van der Waals surface area contributed by atoms with Crippen molar-refractivity contribution in [1.29, 1.82) is 0 Å². The highest BCUT2D eigenvalue weighted by Crippen LogP contribution is 2.71. The van der Waals surface area contributed by atoms with E-state index in [0.717, 1.165) is 32.1 Å². The molecule has 0 heterocycles. The molecule has 4 rings (SSSR count). The zero-order chi connectivity index (χ0) is 23.7. The topological polar surface area (TPSA) is 57.5 Å².